The van der Waals surface area contributed by atoms with Crippen LogP contribution in [0.1, 0.15) is 30.0 Å². The van der Waals surface area contributed by atoms with Gasteiger partial charge in [0, 0.05) is 24.7 Å². The fourth-order valence-electron chi connectivity index (χ4n) is 1.55. The number of carbonyl (C=O) groups is 1. The predicted molar refractivity (Wildman–Crippen MR) is 65.0 cm³/mol. The van der Waals surface area contributed by atoms with E-state index in [9.17, 15) is 4.79 Å². The summed E-state index contributed by atoms with van der Waals surface area (Å²) in [6.45, 7) is 5.87. The quantitative estimate of drug-likeness (QED) is 0.803. The summed E-state index contributed by atoms with van der Waals surface area (Å²) in [4.78, 5) is 19.2. The highest BCUT2D eigenvalue weighted by Gasteiger charge is 2.21. The number of nitrogens with zero attached hydrogens (tertiary/aromatic N) is 3. The zero-order valence-electron chi connectivity index (χ0n) is 9.89. The van der Waals surface area contributed by atoms with E-state index < -0.39 is 0 Å². The number of aromatic nitrogens is 2. The van der Waals surface area contributed by atoms with E-state index in [1.165, 1.54) is 0 Å². The van der Waals surface area contributed by atoms with Gasteiger partial charge in [-0.05, 0) is 20.8 Å². The second-order valence-corrected chi connectivity index (χ2v) is 4.98. The Labute approximate surface area is 98.5 Å². The first-order chi connectivity index (χ1) is 7.52. The minimum atomic E-state index is 0.0263. The molecule has 4 nitrogen and oxygen atoms in total. The fraction of sp³-hybridized carbons (Fsp3) is 0.455. The Morgan fingerprint density at radius 3 is 2.88 bits per heavy atom. The van der Waals surface area contributed by atoms with Crippen LogP contribution in [0.3, 0.4) is 0 Å². The third-order valence-electron chi connectivity index (χ3n) is 2.73. The van der Waals surface area contributed by atoms with Crippen LogP contribution < -0.4 is 0 Å². The first-order valence-corrected chi connectivity index (χ1v) is 6.09. The Kier molecular flexibility index (Phi) is 2.71. The van der Waals surface area contributed by atoms with Crippen LogP contribution in [0.15, 0.2) is 11.6 Å². The molecule has 16 heavy (non-hydrogen) atoms. The van der Waals surface area contributed by atoms with Gasteiger partial charge in [0.2, 0.25) is 0 Å². The number of fused-ring (bicyclic) bond motifs is 1. The van der Waals surface area contributed by atoms with E-state index >= 15 is 0 Å². The third kappa shape index (κ3) is 1.61. The van der Waals surface area contributed by atoms with Crippen LogP contribution in [0.5, 0.6) is 0 Å². The zero-order valence-corrected chi connectivity index (χ0v) is 10.7. The van der Waals surface area contributed by atoms with Crippen molar-refractivity contribution in [3.63, 3.8) is 0 Å². The first-order valence-electron chi connectivity index (χ1n) is 5.21. The maximum Gasteiger partial charge on any atom is 0.272 e. The molecule has 0 N–H and O–H groups in total. The van der Waals surface area contributed by atoms with E-state index in [0.717, 1.165) is 10.7 Å². The summed E-state index contributed by atoms with van der Waals surface area (Å²) in [7, 11) is 1.82. The summed E-state index contributed by atoms with van der Waals surface area (Å²) < 4.78 is 1.86. The average molecular weight is 237 g/mol. The van der Waals surface area contributed by atoms with Gasteiger partial charge in [0.15, 0.2) is 4.96 Å². The highest BCUT2D eigenvalue weighted by atomic mass is 32.1. The molecule has 86 valence electrons. The maximum absolute atomic E-state index is 12.2. The summed E-state index contributed by atoms with van der Waals surface area (Å²) in [6.07, 6.45) is 1.89. The summed E-state index contributed by atoms with van der Waals surface area (Å²) in [5.41, 5.74) is 1.47. The lowest BCUT2D eigenvalue weighted by molar-refractivity contribution is 0.0747. The minimum Gasteiger partial charge on any atom is -0.338 e. The SMILES string of the molecule is Cc1nc2sccn2c1C(=O)N(C)C(C)C. The van der Waals surface area contributed by atoms with E-state index in [-0.39, 0.29) is 11.9 Å². The smallest absolute Gasteiger partial charge is 0.272 e. The van der Waals surface area contributed by atoms with Crippen molar-refractivity contribution in [1.82, 2.24) is 14.3 Å². The molecule has 0 aliphatic rings. The molecule has 0 bridgehead atoms. The van der Waals surface area contributed by atoms with Crippen LogP contribution in [-0.4, -0.2) is 33.3 Å². The number of imidazole rings is 1. The molecule has 2 rings (SSSR count). The van der Waals surface area contributed by atoms with E-state index in [4.69, 9.17) is 0 Å². The van der Waals surface area contributed by atoms with Crippen LogP contribution >= 0.6 is 11.3 Å². The Morgan fingerprint density at radius 1 is 1.56 bits per heavy atom. The molecule has 0 fully saturated rings. The molecule has 0 saturated carbocycles. The summed E-state index contributed by atoms with van der Waals surface area (Å²) in [5.74, 6) is 0.0263. The molecule has 0 spiro atoms. The normalized spacial score (nSPS) is 11.3. The third-order valence-corrected chi connectivity index (χ3v) is 3.49. The van der Waals surface area contributed by atoms with Crippen molar-refractivity contribution in [3.05, 3.63) is 23.0 Å². The van der Waals surface area contributed by atoms with E-state index in [0.29, 0.717) is 5.69 Å². The molecule has 2 aromatic heterocycles. The zero-order chi connectivity index (χ0) is 11.9. The summed E-state index contributed by atoms with van der Waals surface area (Å²) >= 11 is 1.54. The number of rotatable bonds is 2. The van der Waals surface area contributed by atoms with Gasteiger partial charge in [0.05, 0.1) is 5.69 Å². The van der Waals surface area contributed by atoms with Crippen molar-refractivity contribution >= 4 is 22.2 Å². The molecular weight excluding hydrogens is 222 g/mol. The molecule has 0 unspecified atom stereocenters. The van der Waals surface area contributed by atoms with Crippen molar-refractivity contribution in [2.75, 3.05) is 7.05 Å². The standard InChI is InChI=1S/C11H15N3OS/c1-7(2)13(4)10(15)9-8(3)12-11-14(9)5-6-16-11/h5-7H,1-4H3. The van der Waals surface area contributed by atoms with E-state index in [1.807, 2.05) is 43.8 Å². The number of thiazole rings is 1. The Hall–Kier alpha value is -1.36. The van der Waals surface area contributed by atoms with Crippen LogP contribution in [0.25, 0.3) is 4.96 Å². The van der Waals surface area contributed by atoms with Crippen molar-refractivity contribution in [3.8, 4) is 0 Å². The molecule has 2 heterocycles. The van der Waals surface area contributed by atoms with Crippen molar-refractivity contribution in [1.29, 1.82) is 0 Å². The Bertz CT molecular complexity index is 526. The monoisotopic (exact) mass is 237 g/mol. The molecule has 0 radical (unpaired) electrons. The maximum atomic E-state index is 12.2. The highest BCUT2D eigenvalue weighted by Crippen LogP contribution is 2.18. The van der Waals surface area contributed by atoms with Gasteiger partial charge in [-0.3, -0.25) is 9.20 Å². The van der Waals surface area contributed by atoms with Gasteiger partial charge in [-0.1, -0.05) is 0 Å². The van der Waals surface area contributed by atoms with Gasteiger partial charge in [0.25, 0.3) is 5.91 Å². The van der Waals surface area contributed by atoms with Crippen molar-refractivity contribution < 1.29 is 4.79 Å². The van der Waals surface area contributed by atoms with Crippen LogP contribution in [0.2, 0.25) is 0 Å². The van der Waals surface area contributed by atoms with Gasteiger partial charge in [0.1, 0.15) is 5.69 Å². The van der Waals surface area contributed by atoms with Crippen LogP contribution in [0, 0.1) is 6.92 Å². The molecular formula is C11H15N3OS. The largest absolute Gasteiger partial charge is 0.338 e. The number of carbonyl (C=O) groups excluding carboxylic acids is 1. The van der Waals surface area contributed by atoms with E-state index in [1.54, 1.807) is 16.2 Å². The molecule has 2 aromatic rings. The topological polar surface area (TPSA) is 37.6 Å². The van der Waals surface area contributed by atoms with Gasteiger partial charge in [-0.2, -0.15) is 0 Å². The van der Waals surface area contributed by atoms with Gasteiger partial charge in [-0.25, -0.2) is 4.98 Å². The van der Waals surface area contributed by atoms with Gasteiger partial charge < -0.3 is 4.90 Å². The molecule has 0 saturated heterocycles. The molecule has 0 aromatic carbocycles. The predicted octanol–water partition coefficient (Wildman–Crippen LogP) is 2.18. The lowest BCUT2D eigenvalue weighted by Crippen LogP contribution is -2.34. The summed E-state index contributed by atoms with van der Waals surface area (Å²) in [5, 5.41) is 1.94. The van der Waals surface area contributed by atoms with E-state index in [2.05, 4.69) is 4.98 Å². The molecule has 1 amide bonds. The average Bonchev–Trinajstić information content (AvgIpc) is 2.74. The number of hydrogen-bond acceptors (Lipinski definition) is 3. The van der Waals surface area contributed by atoms with Crippen LogP contribution in [0.4, 0.5) is 0 Å². The van der Waals surface area contributed by atoms with Gasteiger partial charge in [-0.15, -0.1) is 11.3 Å². The number of amides is 1. The second kappa shape index (κ2) is 3.90. The number of hydrogen-bond donors (Lipinski definition) is 0. The Balaban J connectivity index is 2.50. The van der Waals surface area contributed by atoms with Crippen LogP contribution in [-0.2, 0) is 0 Å². The lowest BCUT2D eigenvalue weighted by atomic mass is 10.2. The lowest BCUT2D eigenvalue weighted by Gasteiger charge is -2.21. The molecule has 0 atom stereocenters. The van der Waals surface area contributed by atoms with Crippen molar-refractivity contribution in [2.45, 2.75) is 26.8 Å². The van der Waals surface area contributed by atoms with Gasteiger partial charge >= 0.3 is 0 Å². The Morgan fingerprint density at radius 2 is 2.25 bits per heavy atom. The fourth-order valence-corrected chi connectivity index (χ4v) is 2.31. The second-order valence-electron chi connectivity index (χ2n) is 4.11. The molecule has 0 aliphatic carbocycles. The highest BCUT2D eigenvalue weighted by molar-refractivity contribution is 7.15. The number of aryl methyl sites for hydroxylation is 1. The summed E-state index contributed by atoms with van der Waals surface area (Å²) in [6, 6.07) is 0.191. The first kappa shape index (κ1) is 11.1. The van der Waals surface area contributed by atoms with Crippen molar-refractivity contribution in [2.24, 2.45) is 0 Å². The minimum absolute atomic E-state index is 0.0263. The molecule has 5 heteroatoms. The molecule has 0 aliphatic heterocycles.